The lowest BCUT2D eigenvalue weighted by atomic mass is 9.97. The first-order valence-electron chi connectivity index (χ1n) is 4.85. The molecule has 0 aromatic heterocycles. The van der Waals surface area contributed by atoms with Crippen LogP contribution in [-0.4, -0.2) is 0 Å². The van der Waals surface area contributed by atoms with Gasteiger partial charge in [0, 0.05) is 13.0 Å². The maximum absolute atomic E-state index is 8.53. The Kier molecular flexibility index (Phi) is 3.67. The molecule has 0 saturated heterocycles. The van der Waals surface area contributed by atoms with E-state index in [1.165, 1.54) is 22.3 Å². The molecule has 0 amide bonds. The van der Waals surface area contributed by atoms with Gasteiger partial charge in [0.05, 0.1) is 6.07 Å². The summed E-state index contributed by atoms with van der Waals surface area (Å²) in [7, 11) is 0. The SMILES string of the molecule is Cc1cc(CN)c(CCC#N)cc1C. The van der Waals surface area contributed by atoms with Gasteiger partial charge in [0.2, 0.25) is 0 Å². The summed E-state index contributed by atoms with van der Waals surface area (Å²) in [5.41, 5.74) is 10.6. The fraction of sp³-hybridized carbons (Fsp3) is 0.417. The average molecular weight is 188 g/mol. The molecule has 0 atom stereocenters. The summed E-state index contributed by atoms with van der Waals surface area (Å²) in [5.74, 6) is 0. The molecule has 0 spiro atoms. The third kappa shape index (κ3) is 2.34. The van der Waals surface area contributed by atoms with Gasteiger partial charge in [-0.05, 0) is 42.5 Å². The lowest BCUT2D eigenvalue weighted by Gasteiger charge is -2.10. The fourth-order valence-electron chi connectivity index (χ4n) is 1.55. The molecule has 0 radical (unpaired) electrons. The van der Waals surface area contributed by atoms with Crippen molar-refractivity contribution in [1.29, 1.82) is 5.26 Å². The van der Waals surface area contributed by atoms with Crippen molar-refractivity contribution >= 4 is 0 Å². The summed E-state index contributed by atoms with van der Waals surface area (Å²) in [5, 5.41) is 8.53. The monoisotopic (exact) mass is 188 g/mol. The van der Waals surface area contributed by atoms with Gasteiger partial charge in [-0.3, -0.25) is 0 Å². The van der Waals surface area contributed by atoms with Gasteiger partial charge >= 0.3 is 0 Å². The molecule has 0 aliphatic heterocycles. The standard InChI is InChI=1S/C12H16N2/c1-9-6-11(4-3-5-13)12(8-14)7-10(9)2/h6-7H,3-4,8,14H2,1-2H3. The van der Waals surface area contributed by atoms with Crippen LogP contribution < -0.4 is 5.73 Å². The Labute approximate surface area is 85.4 Å². The van der Waals surface area contributed by atoms with Crippen molar-refractivity contribution in [1.82, 2.24) is 0 Å². The van der Waals surface area contributed by atoms with Crippen LogP contribution in [0.1, 0.15) is 28.7 Å². The van der Waals surface area contributed by atoms with E-state index in [0.717, 1.165) is 6.42 Å². The Balaban J connectivity index is 3.02. The maximum Gasteiger partial charge on any atom is 0.0625 e. The van der Waals surface area contributed by atoms with Crippen LogP contribution in [0.25, 0.3) is 0 Å². The molecule has 0 heterocycles. The quantitative estimate of drug-likeness (QED) is 0.790. The Morgan fingerprint density at radius 1 is 1.21 bits per heavy atom. The Hall–Kier alpha value is -1.33. The van der Waals surface area contributed by atoms with Crippen LogP contribution >= 0.6 is 0 Å². The van der Waals surface area contributed by atoms with E-state index >= 15 is 0 Å². The minimum Gasteiger partial charge on any atom is -0.326 e. The molecule has 1 aromatic carbocycles. The molecule has 14 heavy (non-hydrogen) atoms. The zero-order valence-electron chi connectivity index (χ0n) is 8.80. The van der Waals surface area contributed by atoms with E-state index in [0.29, 0.717) is 13.0 Å². The highest BCUT2D eigenvalue weighted by atomic mass is 14.5. The van der Waals surface area contributed by atoms with Crippen LogP contribution in [-0.2, 0) is 13.0 Å². The van der Waals surface area contributed by atoms with Crippen molar-refractivity contribution in [3.63, 3.8) is 0 Å². The molecule has 0 bridgehead atoms. The summed E-state index contributed by atoms with van der Waals surface area (Å²) in [6.07, 6.45) is 1.37. The molecule has 2 N–H and O–H groups in total. The minimum absolute atomic E-state index is 0.557. The number of hydrogen-bond acceptors (Lipinski definition) is 2. The maximum atomic E-state index is 8.53. The third-order valence-electron chi connectivity index (χ3n) is 2.54. The number of hydrogen-bond donors (Lipinski definition) is 1. The van der Waals surface area contributed by atoms with Gasteiger partial charge in [0.15, 0.2) is 0 Å². The predicted molar refractivity (Wildman–Crippen MR) is 57.7 cm³/mol. The molecule has 1 rings (SSSR count). The van der Waals surface area contributed by atoms with Crippen LogP contribution in [0.2, 0.25) is 0 Å². The van der Waals surface area contributed by atoms with Gasteiger partial charge in [0.25, 0.3) is 0 Å². The fourth-order valence-corrected chi connectivity index (χ4v) is 1.55. The average Bonchev–Trinajstić information content (AvgIpc) is 2.19. The number of nitrogens with two attached hydrogens (primary N) is 1. The highest BCUT2D eigenvalue weighted by molar-refractivity contribution is 5.37. The molecule has 0 fully saturated rings. The number of aryl methyl sites for hydroxylation is 3. The first-order valence-corrected chi connectivity index (χ1v) is 4.85. The summed E-state index contributed by atoms with van der Waals surface area (Å²) >= 11 is 0. The van der Waals surface area contributed by atoms with Gasteiger partial charge < -0.3 is 5.73 Å². The predicted octanol–water partition coefficient (Wildman–Crippen LogP) is 2.22. The molecule has 0 saturated carbocycles. The van der Waals surface area contributed by atoms with Gasteiger partial charge in [-0.1, -0.05) is 12.1 Å². The van der Waals surface area contributed by atoms with Crippen molar-refractivity contribution < 1.29 is 0 Å². The molecule has 0 aliphatic rings. The van der Waals surface area contributed by atoms with E-state index in [-0.39, 0.29) is 0 Å². The van der Waals surface area contributed by atoms with Crippen LogP contribution in [0.3, 0.4) is 0 Å². The van der Waals surface area contributed by atoms with E-state index in [4.69, 9.17) is 11.0 Å². The molecule has 0 aliphatic carbocycles. The number of rotatable bonds is 3. The summed E-state index contributed by atoms with van der Waals surface area (Å²) < 4.78 is 0. The molecular weight excluding hydrogens is 172 g/mol. The Morgan fingerprint density at radius 3 is 2.29 bits per heavy atom. The lowest BCUT2D eigenvalue weighted by Crippen LogP contribution is -2.03. The molecule has 74 valence electrons. The molecule has 2 nitrogen and oxygen atoms in total. The van der Waals surface area contributed by atoms with E-state index in [9.17, 15) is 0 Å². The summed E-state index contributed by atoms with van der Waals surface area (Å²) in [6, 6.07) is 6.44. The largest absolute Gasteiger partial charge is 0.326 e. The summed E-state index contributed by atoms with van der Waals surface area (Å²) in [4.78, 5) is 0. The Morgan fingerprint density at radius 2 is 1.79 bits per heavy atom. The topological polar surface area (TPSA) is 49.8 Å². The second-order valence-electron chi connectivity index (χ2n) is 3.57. The van der Waals surface area contributed by atoms with E-state index in [2.05, 4.69) is 32.0 Å². The van der Waals surface area contributed by atoms with Crippen LogP contribution in [0, 0.1) is 25.2 Å². The number of nitrogens with zero attached hydrogens (tertiary/aromatic N) is 1. The van der Waals surface area contributed by atoms with Crippen molar-refractivity contribution in [3.8, 4) is 6.07 Å². The van der Waals surface area contributed by atoms with Crippen molar-refractivity contribution in [2.24, 2.45) is 5.73 Å². The zero-order chi connectivity index (χ0) is 10.6. The van der Waals surface area contributed by atoms with Crippen molar-refractivity contribution in [2.45, 2.75) is 33.2 Å². The van der Waals surface area contributed by atoms with Crippen LogP contribution in [0.5, 0.6) is 0 Å². The van der Waals surface area contributed by atoms with E-state index < -0.39 is 0 Å². The minimum atomic E-state index is 0.557. The first-order chi connectivity index (χ1) is 6.69. The second kappa shape index (κ2) is 4.78. The Bertz CT molecular complexity index is 361. The highest BCUT2D eigenvalue weighted by Crippen LogP contribution is 2.17. The summed E-state index contributed by atoms with van der Waals surface area (Å²) in [6.45, 7) is 4.73. The normalized spacial score (nSPS) is 9.86. The van der Waals surface area contributed by atoms with E-state index in [1.54, 1.807) is 0 Å². The van der Waals surface area contributed by atoms with Gasteiger partial charge in [-0.15, -0.1) is 0 Å². The van der Waals surface area contributed by atoms with Gasteiger partial charge in [-0.2, -0.15) is 5.26 Å². The van der Waals surface area contributed by atoms with Crippen molar-refractivity contribution in [2.75, 3.05) is 0 Å². The zero-order valence-corrected chi connectivity index (χ0v) is 8.80. The van der Waals surface area contributed by atoms with Crippen LogP contribution in [0.4, 0.5) is 0 Å². The first kappa shape index (κ1) is 10.7. The molecular formula is C12H16N2. The highest BCUT2D eigenvalue weighted by Gasteiger charge is 2.03. The van der Waals surface area contributed by atoms with Gasteiger partial charge in [0.1, 0.15) is 0 Å². The lowest BCUT2D eigenvalue weighted by molar-refractivity contribution is 0.946. The molecule has 0 unspecified atom stereocenters. The van der Waals surface area contributed by atoms with E-state index in [1.807, 2.05) is 0 Å². The number of nitriles is 1. The van der Waals surface area contributed by atoms with Gasteiger partial charge in [-0.25, -0.2) is 0 Å². The molecule has 2 heteroatoms. The second-order valence-corrected chi connectivity index (χ2v) is 3.57. The third-order valence-corrected chi connectivity index (χ3v) is 2.54. The molecule has 1 aromatic rings. The van der Waals surface area contributed by atoms with Crippen LogP contribution in [0.15, 0.2) is 12.1 Å². The van der Waals surface area contributed by atoms with Crippen molar-refractivity contribution in [3.05, 3.63) is 34.4 Å². The number of benzene rings is 1. The smallest absolute Gasteiger partial charge is 0.0625 e.